The Hall–Kier alpha value is -0.610. The zero-order valence-electron chi connectivity index (χ0n) is 7.50. The van der Waals surface area contributed by atoms with Gasteiger partial charge in [0.25, 0.3) is 0 Å². The van der Waals surface area contributed by atoms with E-state index >= 15 is 0 Å². The highest BCUT2D eigenvalue weighted by Gasteiger charge is 2.36. The number of carbonyl (C=O) groups excluding carboxylic acids is 1. The molecule has 1 aliphatic rings. The molecule has 12 heavy (non-hydrogen) atoms. The van der Waals surface area contributed by atoms with Gasteiger partial charge in [-0.05, 0) is 6.42 Å². The van der Waals surface area contributed by atoms with Gasteiger partial charge in [-0.1, -0.05) is 6.92 Å². The minimum atomic E-state index is -0.510. The maximum Gasteiger partial charge on any atom is 0.322 e. The molecule has 1 heterocycles. The van der Waals surface area contributed by atoms with Gasteiger partial charge >= 0.3 is 5.97 Å². The Balaban J connectivity index is 2.34. The first-order chi connectivity index (χ1) is 5.57. The first-order valence-electron chi connectivity index (χ1n) is 3.98. The second-order valence-electron chi connectivity index (χ2n) is 3.64. The third kappa shape index (κ3) is 1.95. The highest BCUT2D eigenvalue weighted by Crippen LogP contribution is 2.31. The van der Waals surface area contributed by atoms with Gasteiger partial charge in [-0.2, -0.15) is 0 Å². The predicted octanol–water partition coefficient (Wildman–Crippen LogP) is -0.0867. The van der Waals surface area contributed by atoms with E-state index in [0.29, 0.717) is 19.6 Å². The zero-order chi connectivity index (χ0) is 9.19. The molecule has 0 aromatic rings. The number of hydrogen-bond acceptors (Lipinski definition) is 4. The summed E-state index contributed by atoms with van der Waals surface area (Å²) >= 11 is 0. The first kappa shape index (κ1) is 9.48. The molecule has 1 atom stereocenters. The summed E-state index contributed by atoms with van der Waals surface area (Å²) in [5.41, 5.74) is 5.67. The largest absolute Gasteiger partial charge is 0.468 e. The Bertz CT molecular complexity index is 177. The number of hydrogen-bond donors (Lipinski definition) is 1. The van der Waals surface area contributed by atoms with Gasteiger partial charge in [0, 0.05) is 5.41 Å². The number of nitrogens with two attached hydrogens (primary N) is 1. The van der Waals surface area contributed by atoms with Gasteiger partial charge in [-0.15, -0.1) is 0 Å². The molecule has 4 nitrogen and oxygen atoms in total. The van der Waals surface area contributed by atoms with Gasteiger partial charge in [-0.3, -0.25) is 4.79 Å². The molecule has 1 rings (SSSR count). The molecule has 0 saturated carbocycles. The molecule has 2 N–H and O–H groups in total. The maximum absolute atomic E-state index is 10.9. The second-order valence-corrected chi connectivity index (χ2v) is 3.64. The van der Waals surface area contributed by atoms with Crippen LogP contribution in [0.25, 0.3) is 0 Å². The maximum atomic E-state index is 10.9. The zero-order valence-corrected chi connectivity index (χ0v) is 7.50. The van der Waals surface area contributed by atoms with Crippen molar-refractivity contribution >= 4 is 5.97 Å². The molecule has 1 aliphatic heterocycles. The summed E-state index contributed by atoms with van der Waals surface area (Å²) in [4.78, 5) is 10.9. The number of ether oxygens (including phenoxy) is 2. The van der Waals surface area contributed by atoms with E-state index in [1.807, 2.05) is 0 Å². The van der Waals surface area contributed by atoms with Crippen LogP contribution in [0.15, 0.2) is 0 Å². The lowest BCUT2D eigenvalue weighted by Gasteiger charge is -2.39. The lowest BCUT2D eigenvalue weighted by molar-refractivity contribution is -0.147. The molecule has 0 radical (unpaired) electrons. The van der Waals surface area contributed by atoms with E-state index in [-0.39, 0.29) is 11.4 Å². The summed E-state index contributed by atoms with van der Waals surface area (Å²) in [6, 6.07) is -0.510. The van der Waals surface area contributed by atoms with E-state index < -0.39 is 6.04 Å². The number of esters is 1. The van der Waals surface area contributed by atoms with Crippen molar-refractivity contribution in [2.24, 2.45) is 11.1 Å². The van der Waals surface area contributed by atoms with Gasteiger partial charge in [0.15, 0.2) is 0 Å². The van der Waals surface area contributed by atoms with Gasteiger partial charge in [0.05, 0.1) is 20.3 Å². The average molecular weight is 173 g/mol. The monoisotopic (exact) mass is 173 g/mol. The highest BCUT2D eigenvalue weighted by molar-refractivity contribution is 5.75. The molecule has 0 bridgehead atoms. The van der Waals surface area contributed by atoms with Crippen molar-refractivity contribution < 1.29 is 14.3 Å². The molecule has 4 heteroatoms. The topological polar surface area (TPSA) is 61.5 Å². The highest BCUT2D eigenvalue weighted by atomic mass is 16.5. The fourth-order valence-corrected chi connectivity index (χ4v) is 1.33. The molecule has 0 spiro atoms. The smallest absolute Gasteiger partial charge is 0.322 e. The van der Waals surface area contributed by atoms with E-state index in [0.717, 1.165) is 0 Å². The molecule has 70 valence electrons. The predicted molar refractivity (Wildman–Crippen MR) is 43.5 cm³/mol. The van der Waals surface area contributed by atoms with E-state index in [9.17, 15) is 4.79 Å². The lowest BCUT2D eigenvalue weighted by atomic mass is 9.82. The Morgan fingerprint density at radius 1 is 1.75 bits per heavy atom. The van der Waals surface area contributed by atoms with Crippen LogP contribution in [0.5, 0.6) is 0 Å². The second kappa shape index (κ2) is 3.41. The number of rotatable bonds is 3. The van der Waals surface area contributed by atoms with Crippen molar-refractivity contribution in [3.63, 3.8) is 0 Å². The quantitative estimate of drug-likeness (QED) is 0.606. The Kier molecular flexibility index (Phi) is 2.69. The lowest BCUT2D eigenvalue weighted by Crippen LogP contribution is -2.46. The van der Waals surface area contributed by atoms with Crippen LogP contribution in [0.1, 0.15) is 13.3 Å². The van der Waals surface area contributed by atoms with Crippen LogP contribution < -0.4 is 5.73 Å². The van der Waals surface area contributed by atoms with E-state index in [1.54, 1.807) is 0 Å². The van der Waals surface area contributed by atoms with Crippen LogP contribution in [0, 0.1) is 5.41 Å². The van der Waals surface area contributed by atoms with Crippen LogP contribution in [-0.4, -0.2) is 32.3 Å². The van der Waals surface area contributed by atoms with E-state index in [4.69, 9.17) is 10.5 Å². The van der Waals surface area contributed by atoms with Crippen molar-refractivity contribution in [3.8, 4) is 0 Å². The molecule has 0 aliphatic carbocycles. The Labute approximate surface area is 72.0 Å². The molecule has 1 saturated heterocycles. The standard InChI is InChI=1S/C8H15NO3/c1-8(4-12-5-8)3-6(9)7(10)11-2/h6H,3-5,9H2,1-2H3. The third-order valence-corrected chi connectivity index (χ3v) is 2.12. The van der Waals surface area contributed by atoms with Crippen molar-refractivity contribution in [3.05, 3.63) is 0 Å². The molecule has 0 amide bonds. The van der Waals surface area contributed by atoms with Crippen LogP contribution in [0.3, 0.4) is 0 Å². The van der Waals surface area contributed by atoms with Crippen LogP contribution in [0.4, 0.5) is 0 Å². The summed E-state index contributed by atoms with van der Waals surface area (Å²) in [5, 5.41) is 0. The minimum Gasteiger partial charge on any atom is -0.468 e. The minimum absolute atomic E-state index is 0.0770. The summed E-state index contributed by atoms with van der Waals surface area (Å²) < 4.78 is 9.57. The molecular weight excluding hydrogens is 158 g/mol. The molecule has 0 aromatic carbocycles. The van der Waals surface area contributed by atoms with Crippen molar-refractivity contribution in [2.75, 3.05) is 20.3 Å². The van der Waals surface area contributed by atoms with Crippen LogP contribution in [0.2, 0.25) is 0 Å². The van der Waals surface area contributed by atoms with Gasteiger partial charge in [0.1, 0.15) is 6.04 Å². The van der Waals surface area contributed by atoms with E-state index in [2.05, 4.69) is 11.7 Å². The first-order valence-corrected chi connectivity index (χ1v) is 3.98. The van der Waals surface area contributed by atoms with Crippen molar-refractivity contribution in [1.82, 2.24) is 0 Å². The fraction of sp³-hybridized carbons (Fsp3) is 0.875. The van der Waals surface area contributed by atoms with Crippen molar-refractivity contribution in [1.29, 1.82) is 0 Å². The van der Waals surface area contributed by atoms with Gasteiger partial charge in [0.2, 0.25) is 0 Å². The van der Waals surface area contributed by atoms with Gasteiger partial charge in [-0.25, -0.2) is 0 Å². The Morgan fingerprint density at radius 3 is 2.67 bits per heavy atom. The van der Waals surface area contributed by atoms with Crippen LogP contribution in [-0.2, 0) is 14.3 Å². The molecule has 1 unspecified atom stereocenters. The average Bonchev–Trinajstić information content (AvgIpc) is 2.00. The van der Waals surface area contributed by atoms with E-state index in [1.165, 1.54) is 7.11 Å². The normalized spacial score (nSPS) is 22.6. The number of methoxy groups -OCH3 is 1. The molecular formula is C8H15NO3. The number of carbonyl (C=O) groups is 1. The van der Waals surface area contributed by atoms with Crippen LogP contribution >= 0.6 is 0 Å². The fourth-order valence-electron chi connectivity index (χ4n) is 1.33. The Morgan fingerprint density at radius 2 is 2.33 bits per heavy atom. The molecule has 1 fully saturated rings. The third-order valence-electron chi connectivity index (χ3n) is 2.12. The summed E-state index contributed by atoms with van der Waals surface area (Å²) in [6.07, 6.45) is 0.639. The summed E-state index contributed by atoms with van der Waals surface area (Å²) in [7, 11) is 1.35. The SMILES string of the molecule is COC(=O)C(N)CC1(C)COC1. The summed E-state index contributed by atoms with van der Waals surface area (Å²) in [5.74, 6) is -0.344. The molecule has 0 aromatic heterocycles. The van der Waals surface area contributed by atoms with Gasteiger partial charge < -0.3 is 15.2 Å². The van der Waals surface area contributed by atoms with Crippen molar-refractivity contribution in [2.45, 2.75) is 19.4 Å². The summed E-state index contributed by atoms with van der Waals surface area (Å²) in [6.45, 7) is 3.44.